The molecule has 1 aromatic carbocycles. The summed E-state index contributed by atoms with van der Waals surface area (Å²) in [7, 11) is 0. The van der Waals surface area contributed by atoms with Gasteiger partial charge in [-0.25, -0.2) is 0 Å². The number of hydrogen-bond donors (Lipinski definition) is 1. The van der Waals surface area contributed by atoms with E-state index >= 15 is 0 Å². The van der Waals surface area contributed by atoms with Crippen LogP contribution in [0.3, 0.4) is 0 Å². The number of halogens is 3. The van der Waals surface area contributed by atoms with Crippen molar-refractivity contribution < 1.29 is 13.2 Å². The molecular weight excluding hydrogens is 383 g/mol. The first kappa shape index (κ1) is 17.9. The van der Waals surface area contributed by atoms with E-state index in [-0.39, 0.29) is 5.65 Å². The fraction of sp³-hybridized carbons (Fsp3) is 0.316. The van der Waals surface area contributed by atoms with Crippen LogP contribution in [0.4, 0.5) is 19.0 Å². The van der Waals surface area contributed by atoms with Gasteiger partial charge in [0.1, 0.15) is 5.82 Å². The summed E-state index contributed by atoms with van der Waals surface area (Å²) >= 11 is 0. The second-order valence-corrected chi connectivity index (χ2v) is 7.11. The average molecular weight is 401 g/mol. The van der Waals surface area contributed by atoms with Crippen LogP contribution in [-0.4, -0.2) is 55.9 Å². The minimum Gasteiger partial charge on any atom is -0.361 e. The topological polar surface area (TPSA) is 65.4 Å². The minimum atomic E-state index is -4.59. The number of benzene rings is 1. The van der Waals surface area contributed by atoms with Gasteiger partial charge in [-0.2, -0.15) is 17.7 Å². The van der Waals surface area contributed by atoms with Crippen molar-refractivity contribution in [3.8, 4) is 0 Å². The van der Waals surface area contributed by atoms with Crippen LogP contribution < -0.4 is 4.90 Å². The lowest BCUT2D eigenvalue weighted by Crippen LogP contribution is -2.46. The maximum Gasteiger partial charge on any atom is 0.453 e. The summed E-state index contributed by atoms with van der Waals surface area (Å²) in [5, 5.41) is 12.1. The normalized spacial score (nSPS) is 16.2. The number of fused-ring (bicyclic) bond motifs is 2. The van der Waals surface area contributed by atoms with Crippen LogP contribution in [0.2, 0.25) is 0 Å². The number of rotatable bonds is 3. The molecule has 0 bridgehead atoms. The van der Waals surface area contributed by atoms with Gasteiger partial charge < -0.3 is 9.88 Å². The summed E-state index contributed by atoms with van der Waals surface area (Å²) in [5.74, 6) is -0.610. The highest BCUT2D eigenvalue weighted by Gasteiger charge is 2.37. The van der Waals surface area contributed by atoms with E-state index in [1.54, 1.807) is 6.07 Å². The third kappa shape index (κ3) is 3.29. The third-order valence-corrected chi connectivity index (χ3v) is 5.27. The van der Waals surface area contributed by atoms with E-state index in [9.17, 15) is 13.2 Å². The van der Waals surface area contributed by atoms with Crippen LogP contribution in [0.1, 0.15) is 11.4 Å². The molecule has 5 rings (SSSR count). The monoisotopic (exact) mass is 401 g/mol. The van der Waals surface area contributed by atoms with Crippen molar-refractivity contribution in [2.75, 3.05) is 31.1 Å². The summed E-state index contributed by atoms with van der Waals surface area (Å²) in [6.45, 7) is 3.78. The van der Waals surface area contributed by atoms with Crippen LogP contribution in [0, 0.1) is 0 Å². The number of piperazine rings is 1. The number of aromatic nitrogens is 5. The highest BCUT2D eigenvalue weighted by Crippen LogP contribution is 2.28. The summed E-state index contributed by atoms with van der Waals surface area (Å²) in [6.07, 6.45) is -2.66. The molecule has 1 saturated heterocycles. The molecule has 0 spiro atoms. The van der Waals surface area contributed by atoms with E-state index in [1.807, 2.05) is 11.1 Å². The lowest BCUT2D eigenvalue weighted by Gasteiger charge is -2.35. The van der Waals surface area contributed by atoms with Gasteiger partial charge >= 0.3 is 6.18 Å². The number of para-hydroxylation sites is 1. The molecule has 10 heteroatoms. The first-order valence-electron chi connectivity index (χ1n) is 9.31. The van der Waals surface area contributed by atoms with Crippen molar-refractivity contribution in [3.05, 3.63) is 54.0 Å². The maximum atomic E-state index is 13.1. The quantitative estimate of drug-likeness (QED) is 0.572. The van der Waals surface area contributed by atoms with E-state index in [4.69, 9.17) is 0 Å². The van der Waals surface area contributed by atoms with Crippen LogP contribution in [0.15, 0.2) is 42.6 Å². The Morgan fingerprint density at radius 3 is 2.59 bits per heavy atom. The fourth-order valence-corrected chi connectivity index (χ4v) is 3.78. The maximum absolute atomic E-state index is 13.1. The second kappa shape index (κ2) is 6.73. The van der Waals surface area contributed by atoms with Gasteiger partial charge in [0, 0.05) is 44.4 Å². The van der Waals surface area contributed by atoms with Gasteiger partial charge in [-0.3, -0.25) is 4.90 Å². The van der Waals surface area contributed by atoms with Gasteiger partial charge in [0.05, 0.1) is 0 Å². The molecule has 0 amide bonds. The molecule has 1 fully saturated rings. The molecule has 3 aromatic heterocycles. The molecule has 7 nitrogen and oxygen atoms in total. The highest BCUT2D eigenvalue weighted by molar-refractivity contribution is 5.82. The smallest absolute Gasteiger partial charge is 0.361 e. The Balaban J connectivity index is 1.31. The molecule has 0 radical (unpaired) electrons. The zero-order valence-corrected chi connectivity index (χ0v) is 15.4. The Kier molecular flexibility index (Phi) is 4.16. The first-order chi connectivity index (χ1) is 14.0. The van der Waals surface area contributed by atoms with Gasteiger partial charge in [-0.15, -0.1) is 15.3 Å². The van der Waals surface area contributed by atoms with Crippen molar-refractivity contribution >= 4 is 22.4 Å². The molecule has 0 unspecified atom stereocenters. The Morgan fingerprint density at radius 2 is 1.79 bits per heavy atom. The predicted molar refractivity (Wildman–Crippen MR) is 102 cm³/mol. The number of aromatic amines is 1. The number of hydrogen-bond acceptors (Lipinski definition) is 5. The molecule has 0 atom stereocenters. The lowest BCUT2D eigenvalue weighted by atomic mass is 10.1. The van der Waals surface area contributed by atoms with E-state index in [0.29, 0.717) is 18.9 Å². The number of nitrogens with zero attached hydrogens (tertiary/aromatic N) is 6. The van der Waals surface area contributed by atoms with E-state index in [1.165, 1.54) is 17.0 Å². The number of alkyl halides is 3. The van der Waals surface area contributed by atoms with Crippen molar-refractivity contribution in [1.82, 2.24) is 29.7 Å². The Morgan fingerprint density at radius 1 is 0.966 bits per heavy atom. The summed E-state index contributed by atoms with van der Waals surface area (Å²) in [5.41, 5.74) is 2.47. The Labute approximate surface area is 163 Å². The lowest BCUT2D eigenvalue weighted by molar-refractivity contribution is -0.146. The van der Waals surface area contributed by atoms with E-state index in [0.717, 1.165) is 29.7 Å². The predicted octanol–water partition coefficient (Wildman–Crippen LogP) is 2.95. The van der Waals surface area contributed by atoms with Gasteiger partial charge in [0.15, 0.2) is 5.65 Å². The molecule has 29 heavy (non-hydrogen) atoms. The Hall–Kier alpha value is -3.14. The molecule has 1 N–H and O–H groups in total. The SMILES string of the molecule is FC(F)(F)c1nnc2ccc(N3CCN(Cc4cccc5cc[nH]c45)CC3)nn12. The van der Waals surface area contributed by atoms with Crippen molar-refractivity contribution in [3.63, 3.8) is 0 Å². The van der Waals surface area contributed by atoms with E-state index < -0.39 is 12.0 Å². The molecule has 1 aliphatic heterocycles. The summed E-state index contributed by atoms with van der Waals surface area (Å²) in [6, 6.07) is 11.5. The number of nitrogens with one attached hydrogen (secondary N) is 1. The summed E-state index contributed by atoms with van der Waals surface area (Å²) in [4.78, 5) is 7.62. The number of anilines is 1. The van der Waals surface area contributed by atoms with Gasteiger partial charge in [-0.05, 0) is 29.1 Å². The number of H-pyrrole nitrogens is 1. The average Bonchev–Trinajstić information content (AvgIpc) is 3.35. The highest BCUT2D eigenvalue weighted by atomic mass is 19.4. The fourth-order valence-electron chi connectivity index (χ4n) is 3.78. The zero-order chi connectivity index (χ0) is 20.0. The van der Waals surface area contributed by atoms with Gasteiger partial charge in [0.2, 0.25) is 0 Å². The van der Waals surface area contributed by atoms with Crippen LogP contribution in [0.5, 0.6) is 0 Å². The largest absolute Gasteiger partial charge is 0.453 e. The van der Waals surface area contributed by atoms with Gasteiger partial charge in [-0.1, -0.05) is 18.2 Å². The standard InChI is InChI=1S/C19H18F3N7/c20-19(21,22)18-25-24-15-4-5-16(26-29(15)18)28-10-8-27(9-11-28)12-14-3-1-2-13-6-7-23-17(13)14/h1-7,23H,8-12H2. The Bertz CT molecular complexity index is 1160. The van der Waals surface area contributed by atoms with Gasteiger partial charge in [0.25, 0.3) is 5.82 Å². The van der Waals surface area contributed by atoms with Crippen LogP contribution in [0.25, 0.3) is 16.6 Å². The molecule has 1 aliphatic rings. The van der Waals surface area contributed by atoms with Crippen LogP contribution in [-0.2, 0) is 12.7 Å². The van der Waals surface area contributed by atoms with E-state index in [2.05, 4.69) is 49.4 Å². The molecule has 0 aliphatic carbocycles. The van der Waals surface area contributed by atoms with Crippen LogP contribution >= 0.6 is 0 Å². The zero-order valence-electron chi connectivity index (χ0n) is 15.4. The molecular formula is C19H18F3N7. The minimum absolute atomic E-state index is 0.0822. The van der Waals surface area contributed by atoms with Crippen molar-refractivity contribution in [2.45, 2.75) is 12.7 Å². The molecule has 4 aromatic rings. The molecule has 0 saturated carbocycles. The van der Waals surface area contributed by atoms with Crippen molar-refractivity contribution in [1.29, 1.82) is 0 Å². The first-order valence-corrected chi connectivity index (χ1v) is 9.31. The molecule has 4 heterocycles. The van der Waals surface area contributed by atoms with Crippen molar-refractivity contribution in [2.24, 2.45) is 0 Å². The molecule has 150 valence electrons. The third-order valence-electron chi connectivity index (χ3n) is 5.27. The second-order valence-electron chi connectivity index (χ2n) is 7.11. The summed E-state index contributed by atoms with van der Waals surface area (Å²) < 4.78 is 40.0.